The molecule has 0 heterocycles. The van der Waals surface area contributed by atoms with Crippen LogP contribution in [0.15, 0.2) is 24.3 Å². The third kappa shape index (κ3) is 5.09. The number of carbonyl (C=O) groups excluding carboxylic acids is 2. The van der Waals surface area contributed by atoms with Crippen LogP contribution in [0.25, 0.3) is 0 Å². The second-order valence-corrected chi connectivity index (χ2v) is 4.56. The maximum Gasteiger partial charge on any atom is 0.303 e. The van der Waals surface area contributed by atoms with Crippen molar-refractivity contribution in [1.29, 1.82) is 0 Å². The van der Waals surface area contributed by atoms with Crippen LogP contribution >= 0.6 is 0 Å². The Labute approximate surface area is 117 Å². The van der Waals surface area contributed by atoms with Crippen molar-refractivity contribution in [1.82, 2.24) is 4.90 Å². The van der Waals surface area contributed by atoms with E-state index in [0.717, 1.165) is 5.56 Å². The first kappa shape index (κ1) is 15.7. The molecule has 0 fully saturated rings. The lowest BCUT2D eigenvalue weighted by atomic mass is 10.1. The topological polar surface area (TPSA) is 101 Å². The van der Waals surface area contributed by atoms with Gasteiger partial charge in [-0.15, -0.1) is 0 Å². The second-order valence-electron chi connectivity index (χ2n) is 4.56. The SMILES string of the molecule is CN(Cc1ccc(C(N)=O)cc1)C(=O)CCCC(=O)O. The Hall–Kier alpha value is -2.37. The molecule has 3 N–H and O–H groups in total. The summed E-state index contributed by atoms with van der Waals surface area (Å²) in [5.41, 5.74) is 6.44. The van der Waals surface area contributed by atoms with E-state index in [-0.39, 0.29) is 18.7 Å². The van der Waals surface area contributed by atoms with Crippen molar-refractivity contribution in [3.8, 4) is 0 Å². The van der Waals surface area contributed by atoms with Gasteiger partial charge >= 0.3 is 5.97 Å². The summed E-state index contributed by atoms with van der Waals surface area (Å²) >= 11 is 0. The van der Waals surface area contributed by atoms with Gasteiger partial charge < -0.3 is 15.7 Å². The zero-order valence-electron chi connectivity index (χ0n) is 11.3. The third-order valence-corrected chi connectivity index (χ3v) is 2.87. The molecular weight excluding hydrogens is 260 g/mol. The van der Waals surface area contributed by atoms with Crippen molar-refractivity contribution in [2.45, 2.75) is 25.8 Å². The zero-order chi connectivity index (χ0) is 15.1. The molecule has 0 radical (unpaired) electrons. The quantitative estimate of drug-likeness (QED) is 0.776. The van der Waals surface area contributed by atoms with Crippen molar-refractivity contribution in [2.75, 3.05) is 7.05 Å². The molecule has 6 heteroatoms. The van der Waals surface area contributed by atoms with Gasteiger partial charge in [-0.1, -0.05) is 12.1 Å². The minimum atomic E-state index is -0.900. The second kappa shape index (κ2) is 7.28. The van der Waals surface area contributed by atoms with Gasteiger partial charge in [-0.05, 0) is 24.1 Å². The van der Waals surface area contributed by atoms with Gasteiger partial charge in [0.1, 0.15) is 0 Å². The lowest BCUT2D eigenvalue weighted by Gasteiger charge is -2.17. The molecule has 0 aliphatic heterocycles. The van der Waals surface area contributed by atoms with E-state index in [1.54, 1.807) is 31.3 Å². The predicted molar refractivity (Wildman–Crippen MR) is 72.9 cm³/mol. The first-order valence-electron chi connectivity index (χ1n) is 6.24. The summed E-state index contributed by atoms with van der Waals surface area (Å²) in [7, 11) is 1.66. The fourth-order valence-electron chi connectivity index (χ4n) is 1.72. The fourth-order valence-corrected chi connectivity index (χ4v) is 1.72. The van der Waals surface area contributed by atoms with Crippen LogP contribution in [0.2, 0.25) is 0 Å². The molecule has 0 bridgehead atoms. The van der Waals surface area contributed by atoms with Gasteiger partial charge in [0.15, 0.2) is 0 Å². The molecule has 0 unspecified atom stereocenters. The van der Waals surface area contributed by atoms with Crippen LogP contribution in [0.5, 0.6) is 0 Å². The van der Waals surface area contributed by atoms with Crippen LogP contribution in [0.4, 0.5) is 0 Å². The highest BCUT2D eigenvalue weighted by molar-refractivity contribution is 5.92. The number of carbonyl (C=O) groups is 3. The summed E-state index contributed by atoms with van der Waals surface area (Å²) in [5.74, 6) is -1.50. The van der Waals surface area contributed by atoms with E-state index in [1.165, 1.54) is 4.90 Å². The molecule has 2 amide bonds. The van der Waals surface area contributed by atoms with Gasteiger partial charge in [0.2, 0.25) is 11.8 Å². The minimum absolute atomic E-state index is 0.00706. The highest BCUT2D eigenvalue weighted by Gasteiger charge is 2.10. The summed E-state index contributed by atoms with van der Waals surface area (Å²) in [4.78, 5) is 34.6. The van der Waals surface area contributed by atoms with E-state index < -0.39 is 11.9 Å². The van der Waals surface area contributed by atoms with Crippen molar-refractivity contribution >= 4 is 17.8 Å². The summed E-state index contributed by atoms with van der Waals surface area (Å²) in [6.07, 6.45) is 0.536. The number of carboxylic acid groups (broad SMARTS) is 1. The number of aliphatic carboxylic acids is 1. The zero-order valence-corrected chi connectivity index (χ0v) is 11.3. The van der Waals surface area contributed by atoms with Crippen LogP contribution in [0.1, 0.15) is 35.2 Å². The molecule has 1 aromatic rings. The van der Waals surface area contributed by atoms with Crippen molar-refractivity contribution in [3.63, 3.8) is 0 Å². The van der Waals surface area contributed by atoms with Gasteiger partial charge in [0.05, 0.1) is 0 Å². The number of rotatable bonds is 7. The number of hydrogen-bond donors (Lipinski definition) is 2. The van der Waals surface area contributed by atoms with Crippen molar-refractivity contribution < 1.29 is 19.5 Å². The lowest BCUT2D eigenvalue weighted by molar-refractivity contribution is -0.137. The fraction of sp³-hybridized carbons (Fsp3) is 0.357. The number of primary amides is 1. The number of nitrogens with two attached hydrogens (primary N) is 1. The lowest BCUT2D eigenvalue weighted by Crippen LogP contribution is -2.26. The average Bonchev–Trinajstić information content (AvgIpc) is 2.38. The van der Waals surface area contributed by atoms with Gasteiger partial charge in [-0.25, -0.2) is 0 Å². The third-order valence-electron chi connectivity index (χ3n) is 2.87. The maximum absolute atomic E-state index is 11.8. The molecule has 20 heavy (non-hydrogen) atoms. The molecule has 0 spiro atoms. The molecule has 6 nitrogen and oxygen atoms in total. The number of benzene rings is 1. The molecule has 0 aromatic heterocycles. The van der Waals surface area contributed by atoms with E-state index >= 15 is 0 Å². The van der Waals surface area contributed by atoms with Crippen LogP contribution in [-0.2, 0) is 16.1 Å². The largest absolute Gasteiger partial charge is 0.481 e. The number of carboxylic acids is 1. The first-order chi connectivity index (χ1) is 9.40. The summed E-state index contributed by atoms with van der Waals surface area (Å²) < 4.78 is 0. The first-order valence-corrected chi connectivity index (χ1v) is 6.24. The Kier molecular flexibility index (Phi) is 5.71. The molecule has 1 aromatic carbocycles. The highest BCUT2D eigenvalue weighted by atomic mass is 16.4. The van der Waals surface area contributed by atoms with E-state index in [2.05, 4.69) is 0 Å². The van der Waals surface area contributed by atoms with Gasteiger partial charge in [0, 0.05) is 32.0 Å². The average molecular weight is 278 g/mol. The summed E-state index contributed by atoms with van der Waals surface area (Å²) in [5, 5.41) is 8.51. The molecular formula is C14H18N2O4. The molecule has 0 saturated heterocycles. The van der Waals surface area contributed by atoms with E-state index in [4.69, 9.17) is 10.8 Å². The van der Waals surface area contributed by atoms with E-state index in [1.807, 2.05) is 0 Å². The Bertz CT molecular complexity index is 496. The number of nitrogens with zero attached hydrogens (tertiary/aromatic N) is 1. The number of hydrogen-bond acceptors (Lipinski definition) is 3. The summed E-state index contributed by atoms with van der Waals surface area (Å²) in [6.45, 7) is 0.408. The number of amides is 2. The van der Waals surface area contributed by atoms with Crippen LogP contribution < -0.4 is 5.73 Å². The van der Waals surface area contributed by atoms with Crippen LogP contribution in [0.3, 0.4) is 0 Å². The van der Waals surface area contributed by atoms with Crippen molar-refractivity contribution in [3.05, 3.63) is 35.4 Å². The normalized spacial score (nSPS) is 10.1. The molecule has 0 saturated carbocycles. The van der Waals surface area contributed by atoms with E-state index in [9.17, 15) is 14.4 Å². The Morgan fingerprint density at radius 1 is 1.15 bits per heavy atom. The Balaban J connectivity index is 2.48. The van der Waals surface area contributed by atoms with Crippen LogP contribution in [-0.4, -0.2) is 34.8 Å². The molecule has 1 rings (SSSR count). The predicted octanol–water partition coefficient (Wildman–Crippen LogP) is 0.999. The van der Waals surface area contributed by atoms with Crippen LogP contribution in [0, 0.1) is 0 Å². The highest BCUT2D eigenvalue weighted by Crippen LogP contribution is 2.08. The van der Waals surface area contributed by atoms with Gasteiger partial charge in [-0.3, -0.25) is 14.4 Å². The Morgan fingerprint density at radius 2 is 1.75 bits per heavy atom. The molecule has 108 valence electrons. The molecule has 0 aliphatic carbocycles. The summed E-state index contributed by atoms with van der Waals surface area (Å²) in [6, 6.07) is 6.70. The standard InChI is InChI=1S/C14H18N2O4/c1-16(12(17)3-2-4-13(18)19)9-10-5-7-11(8-6-10)14(15)20/h5-8H,2-4,9H2,1H3,(H2,15,20)(H,18,19). The van der Waals surface area contributed by atoms with E-state index in [0.29, 0.717) is 18.5 Å². The maximum atomic E-state index is 11.8. The smallest absolute Gasteiger partial charge is 0.303 e. The monoisotopic (exact) mass is 278 g/mol. The molecule has 0 aliphatic rings. The minimum Gasteiger partial charge on any atom is -0.481 e. The van der Waals surface area contributed by atoms with Gasteiger partial charge in [0.25, 0.3) is 0 Å². The van der Waals surface area contributed by atoms with Gasteiger partial charge in [-0.2, -0.15) is 0 Å². The van der Waals surface area contributed by atoms with Crippen molar-refractivity contribution in [2.24, 2.45) is 5.73 Å². The Morgan fingerprint density at radius 3 is 2.25 bits per heavy atom. The molecule has 0 atom stereocenters.